The summed E-state index contributed by atoms with van der Waals surface area (Å²) in [6.07, 6.45) is -1.17. The highest BCUT2D eigenvalue weighted by molar-refractivity contribution is 6.30. The van der Waals surface area contributed by atoms with Crippen molar-refractivity contribution in [1.29, 1.82) is 10.5 Å². The van der Waals surface area contributed by atoms with Crippen molar-refractivity contribution in [3.8, 4) is 12.1 Å². The van der Waals surface area contributed by atoms with Crippen molar-refractivity contribution in [1.82, 2.24) is 9.97 Å². The Kier molecular flexibility index (Phi) is 16.0. The molecule has 17 heteroatoms. The van der Waals surface area contributed by atoms with E-state index in [4.69, 9.17) is 27.9 Å². The molecule has 4 N–H and O–H groups in total. The number of benzene rings is 4. The summed E-state index contributed by atoms with van der Waals surface area (Å²) in [7, 11) is 2.35. The predicted octanol–water partition coefficient (Wildman–Crippen LogP) is 10.7. The minimum atomic E-state index is -4.71. The minimum absolute atomic E-state index is 0.0599. The van der Waals surface area contributed by atoms with E-state index in [-0.39, 0.29) is 28.3 Å². The van der Waals surface area contributed by atoms with E-state index in [2.05, 4.69) is 36.1 Å². The number of methoxy groups -OCH3 is 2. The number of aryl methyl sites for hydroxylation is 3. The van der Waals surface area contributed by atoms with Crippen LogP contribution in [0, 0.1) is 55.1 Å². The van der Waals surface area contributed by atoms with Crippen molar-refractivity contribution in [2.75, 3.05) is 30.6 Å². The largest absolute Gasteiger partial charge is 0.465 e. The number of carbonyl (C=O) groups is 2. The molecule has 6 aromatic rings. The summed E-state index contributed by atoms with van der Waals surface area (Å²) in [4.78, 5) is 31.0. The smallest absolute Gasteiger partial charge is 0.417 e. The number of nitrogen functional groups attached to an aromatic ring is 1. The van der Waals surface area contributed by atoms with Gasteiger partial charge in [-0.1, -0.05) is 17.7 Å². The van der Waals surface area contributed by atoms with E-state index >= 15 is 0 Å². The van der Waals surface area contributed by atoms with E-state index in [0.717, 1.165) is 42.0 Å². The average Bonchev–Trinajstić information content (AvgIpc) is 3.23. The van der Waals surface area contributed by atoms with Crippen LogP contribution in [-0.4, -0.2) is 36.1 Å². The topological polar surface area (TPSA) is 176 Å². The lowest BCUT2D eigenvalue weighted by Crippen LogP contribution is -2.09. The van der Waals surface area contributed by atoms with E-state index in [1.807, 2.05) is 19.9 Å². The van der Waals surface area contributed by atoms with Crippen LogP contribution in [0.1, 0.15) is 65.2 Å². The molecule has 318 valence electrons. The third-order valence-corrected chi connectivity index (χ3v) is 9.26. The zero-order valence-corrected chi connectivity index (χ0v) is 34.5. The number of hydrogen-bond donors (Lipinski definition) is 3. The second kappa shape index (κ2) is 21.1. The number of pyridine rings is 2. The number of nitrogens with two attached hydrogens (primary N) is 1. The number of nitriles is 2. The maximum absolute atomic E-state index is 14.3. The molecular formula is C45H37ClF5N7O4. The third kappa shape index (κ3) is 12.2. The number of nitrogens with one attached hydrogen (secondary N) is 2. The molecule has 0 amide bonds. The van der Waals surface area contributed by atoms with Crippen LogP contribution in [0.25, 0.3) is 0 Å². The van der Waals surface area contributed by atoms with Crippen LogP contribution in [0.4, 0.5) is 50.5 Å². The number of aromatic nitrogens is 2. The van der Waals surface area contributed by atoms with Crippen LogP contribution in [0.3, 0.4) is 0 Å². The van der Waals surface area contributed by atoms with E-state index < -0.39 is 40.9 Å². The molecule has 0 fully saturated rings. The Labute approximate surface area is 358 Å². The van der Waals surface area contributed by atoms with Crippen molar-refractivity contribution >= 4 is 52.1 Å². The van der Waals surface area contributed by atoms with Gasteiger partial charge in [-0.2, -0.15) is 23.7 Å². The summed E-state index contributed by atoms with van der Waals surface area (Å²) in [5.74, 6) is -2.74. The summed E-state index contributed by atoms with van der Waals surface area (Å²) in [5.41, 5.74) is 9.85. The van der Waals surface area contributed by atoms with E-state index in [1.54, 1.807) is 43.5 Å². The molecule has 0 unspecified atom stereocenters. The molecule has 4 aromatic carbocycles. The SMILES string of the molecule is COC(=O)c1ccc(Cc2c(C)ccnc2Cl)cc1F.COC(=O)c1ccc(Nc2c(C)ccnc2Nc2ccc(C#N)c(C(F)(F)F)c2)cc1F.Cc1cc(N)ccc1C#N. The first-order chi connectivity index (χ1) is 29.4. The van der Waals surface area contributed by atoms with E-state index in [9.17, 15) is 31.5 Å². The van der Waals surface area contributed by atoms with Crippen LogP contribution in [0.15, 0.2) is 97.3 Å². The van der Waals surface area contributed by atoms with E-state index in [0.29, 0.717) is 39.6 Å². The second-order valence-electron chi connectivity index (χ2n) is 13.2. The number of rotatable bonds is 8. The fraction of sp³-hybridized carbons (Fsp3) is 0.156. The Bertz CT molecular complexity index is 2680. The third-order valence-electron chi connectivity index (χ3n) is 8.94. The Morgan fingerprint density at radius 3 is 1.85 bits per heavy atom. The number of ether oxygens (including phenoxy) is 2. The average molecular weight is 870 g/mol. The highest BCUT2D eigenvalue weighted by atomic mass is 35.5. The van der Waals surface area contributed by atoms with Crippen molar-refractivity contribution in [2.24, 2.45) is 0 Å². The molecule has 2 heterocycles. The number of halogens is 6. The predicted molar refractivity (Wildman–Crippen MR) is 224 cm³/mol. The summed E-state index contributed by atoms with van der Waals surface area (Å²) in [6.45, 7) is 5.52. The lowest BCUT2D eigenvalue weighted by Gasteiger charge is -2.17. The maximum Gasteiger partial charge on any atom is 0.417 e. The Morgan fingerprint density at radius 1 is 0.726 bits per heavy atom. The first kappa shape index (κ1) is 47.1. The van der Waals surface area contributed by atoms with Crippen molar-refractivity contribution < 1.29 is 41.0 Å². The van der Waals surface area contributed by atoms with Gasteiger partial charge in [0.25, 0.3) is 0 Å². The van der Waals surface area contributed by atoms with Gasteiger partial charge in [0.1, 0.15) is 16.8 Å². The molecule has 0 spiro atoms. The van der Waals surface area contributed by atoms with Gasteiger partial charge in [0.05, 0.1) is 59.9 Å². The Hall–Kier alpha value is -7.56. The number of anilines is 5. The van der Waals surface area contributed by atoms with Crippen LogP contribution in [0.5, 0.6) is 0 Å². The molecule has 11 nitrogen and oxygen atoms in total. The molecule has 0 radical (unpaired) electrons. The zero-order chi connectivity index (χ0) is 45.7. The number of alkyl halides is 3. The second-order valence-corrected chi connectivity index (χ2v) is 13.6. The molecule has 62 heavy (non-hydrogen) atoms. The minimum Gasteiger partial charge on any atom is -0.465 e. The van der Waals surface area contributed by atoms with Gasteiger partial charge in [0, 0.05) is 35.9 Å². The van der Waals surface area contributed by atoms with Gasteiger partial charge < -0.3 is 25.8 Å². The summed E-state index contributed by atoms with van der Waals surface area (Å²) in [6, 6.07) is 23.7. The fourth-order valence-corrected chi connectivity index (χ4v) is 5.92. The molecule has 0 saturated heterocycles. The highest BCUT2D eigenvalue weighted by Crippen LogP contribution is 2.36. The fourth-order valence-electron chi connectivity index (χ4n) is 5.64. The van der Waals surface area contributed by atoms with Crippen LogP contribution < -0.4 is 16.4 Å². The van der Waals surface area contributed by atoms with Crippen LogP contribution in [-0.2, 0) is 22.1 Å². The number of carbonyl (C=O) groups excluding carboxylic acids is 2. The van der Waals surface area contributed by atoms with Crippen molar-refractivity contribution in [3.63, 3.8) is 0 Å². The maximum atomic E-state index is 14.3. The quantitative estimate of drug-likeness (QED) is 0.0574. The van der Waals surface area contributed by atoms with Gasteiger partial charge in [0.15, 0.2) is 5.82 Å². The lowest BCUT2D eigenvalue weighted by atomic mass is 10.0. The van der Waals surface area contributed by atoms with Gasteiger partial charge in [-0.25, -0.2) is 28.3 Å². The molecule has 2 aromatic heterocycles. The molecule has 6 rings (SSSR count). The van der Waals surface area contributed by atoms with Crippen molar-refractivity contribution in [3.05, 3.63) is 170 Å². The van der Waals surface area contributed by atoms with Gasteiger partial charge in [-0.15, -0.1) is 0 Å². The molecular weight excluding hydrogens is 833 g/mol. The first-order valence-electron chi connectivity index (χ1n) is 18.1. The molecule has 0 aliphatic rings. The molecule has 0 bridgehead atoms. The van der Waals surface area contributed by atoms with Gasteiger partial charge in [0.2, 0.25) is 0 Å². The Morgan fingerprint density at radius 2 is 1.29 bits per heavy atom. The molecule has 0 saturated carbocycles. The Balaban J connectivity index is 0.000000237. The standard InChI is InChI=1S/C22H16F4N4O2.C15H13ClFNO2.C8H8N2/c1-12-7-8-28-20(30-14-4-3-13(11-27)17(9-14)22(24,25)26)19(12)29-15-5-6-16(18(23)10-15)21(31)32-2;1-9-5-6-18-14(16)12(9)7-10-3-4-11(13(17)8-10)15(19)20-2;1-6-4-8(10)3-2-7(6)5-9/h3-10,29H,1-2H3,(H,28,30);3-6,8H,7H2,1-2H3;2-4H,10H2,1H3. The van der Waals surface area contributed by atoms with E-state index in [1.165, 1.54) is 49.7 Å². The highest BCUT2D eigenvalue weighted by Gasteiger charge is 2.34. The number of hydrogen-bond acceptors (Lipinski definition) is 11. The summed E-state index contributed by atoms with van der Waals surface area (Å²) >= 11 is 6.04. The monoisotopic (exact) mass is 869 g/mol. The first-order valence-corrected chi connectivity index (χ1v) is 18.5. The summed E-state index contributed by atoms with van der Waals surface area (Å²) < 4.78 is 76.9. The van der Waals surface area contributed by atoms with Gasteiger partial charge in [-0.05, 0) is 127 Å². The molecule has 0 aliphatic heterocycles. The molecule has 0 atom stereocenters. The van der Waals surface area contributed by atoms with Crippen LogP contribution >= 0.6 is 11.6 Å². The van der Waals surface area contributed by atoms with Crippen molar-refractivity contribution in [2.45, 2.75) is 33.4 Å². The lowest BCUT2D eigenvalue weighted by molar-refractivity contribution is -0.137. The van der Waals surface area contributed by atoms with Gasteiger partial charge >= 0.3 is 18.1 Å². The van der Waals surface area contributed by atoms with Gasteiger partial charge in [-0.3, -0.25) is 0 Å². The zero-order valence-electron chi connectivity index (χ0n) is 33.7. The van der Waals surface area contributed by atoms with Crippen LogP contribution in [0.2, 0.25) is 5.15 Å². The molecule has 0 aliphatic carbocycles. The number of nitrogens with zero attached hydrogens (tertiary/aromatic N) is 4. The summed E-state index contributed by atoms with van der Waals surface area (Å²) in [5, 5.41) is 23.6. The normalized spacial score (nSPS) is 10.4. The number of esters is 2.